The third-order valence-electron chi connectivity index (χ3n) is 2.60. The summed E-state index contributed by atoms with van der Waals surface area (Å²) in [6, 6.07) is 9.01. The lowest BCUT2D eigenvalue weighted by molar-refractivity contribution is 0.102. The minimum absolute atomic E-state index is 0.0349. The number of phenols is 1. The van der Waals surface area contributed by atoms with Crippen molar-refractivity contribution in [1.29, 1.82) is 0 Å². The number of amides is 1. The van der Waals surface area contributed by atoms with Gasteiger partial charge in [-0.1, -0.05) is 23.2 Å². The topological polar surface area (TPSA) is 58.6 Å². The highest BCUT2D eigenvalue weighted by Crippen LogP contribution is 2.28. The largest absolute Gasteiger partial charge is 0.508 e. The Bertz CT molecular complexity index is 659. The van der Waals surface area contributed by atoms with Crippen LogP contribution in [-0.4, -0.2) is 18.1 Å². The van der Waals surface area contributed by atoms with Gasteiger partial charge in [0.1, 0.15) is 11.5 Å². The molecule has 0 aliphatic carbocycles. The monoisotopic (exact) mass is 311 g/mol. The van der Waals surface area contributed by atoms with Crippen LogP contribution < -0.4 is 10.1 Å². The molecule has 4 nitrogen and oxygen atoms in total. The summed E-state index contributed by atoms with van der Waals surface area (Å²) in [6.45, 7) is 0. The zero-order valence-corrected chi connectivity index (χ0v) is 12.0. The van der Waals surface area contributed by atoms with Gasteiger partial charge in [-0.05, 0) is 36.4 Å². The summed E-state index contributed by atoms with van der Waals surface area (Å²) in [4.78, 5) is 12.1. The van der Waals surface area contributed by atoms with Gasteiger partial charge in [0, 0.05) is 5.69 Å². The summed E-state index contributed by atoms with van der Waals surface area (Å²) in [5.74, 6) is 0.0412. The molecule has 0 aliphatic rings. The van der Waals surface area contributed by atoms with Crippen molar-refractivity contribution in [1.82, 2.24) is 0 Å². The molecule has 0 unspecified atom stereocenters. The maximum atomic E-state index is 12.1. The van der Waals surface area contributed by atoms with Crippen molar-refractivity contribution in [2.24, 2.45) is 0 Å². The molecular weight excluding hydrogens is 301 g/mol. The maximum Gasteiger partial charge on any atom is 0.257 e. The maximum absolute atomic E-state index is 12.1. The lowest BCUT2D eigenvalue weighted by Crippen LogP contribution is -2.12. The molecule has 0 radical (unpaired) electrons. The Morgan fingerprint density at radius 2 is 1.90 bits per heavy atom. The standard InChI is InChI=1S/C14H11Cl2NO3/c1-20-13-5-2-8(6-12(13)16)17-14(19)10-7-9(18)3-4-11(10)15/h2-7,18H,1H3,(H,17,19). The van der Waals surface area contributed by atoms with E-state index in [1.165, 1.54) is 25.3 Å². The van der Waals surface area contributed by atoms with E-state index in [1.54, 1.807) is 18.2 Å². The fourth-order valence-corrected chi connectivity index (χ4v) is 2.09. The van der Waals surface area contributed by atoms with Crippen molar-refractivity contribution in [3.63, 3.8) is 0 Å². The normalized spacial score (nSPS) is 10.2. The Hall–Kier alpha value is -1.91. The van der Waals surface area contributed by atoms with Gasteiger partial charge in [0.2, 0.25) is 0 Å². The summed E-state index contributed by atoms with van der Waals surface area (Å²) in [7, 11) is 1.51. The van der Waals surface area contributed by atoms with Gasteiger partial charge in [-0.25, -0.2) is 0 Å². The summed E-state index contributed by atoms with van der Waals surface area (Å²) in [5.41, 5.74) is 0.679. The van der Waals surface area contributed by atoms with Crippen LogP contribution in [0.4, 0.5) is 5.69 Å². The van der Waals surface area contributed by atoms with Crippen molar-refractivity contribution in [3.8, 4) is 11.5 Å². The van der Waals surface area contributed by atoms with Crippen LogP contribution in [0.5, 0.6) is 11.5 Å². The Kier molecular flexibility index (Phi) is 4.37. The number of benzene rings is 2. The molecule has 0 saturated carbocycles. The molecule has 104 valence electrons. The number of hydrogen-bond donors (Lipinski definition) is 2. The number of carbonyl (C=O) groups is 1. The second kappa shape index (κ2) is 6.03. The highest BCUT2D eigenvalue weighted by molar-refractivity contribution is 6.34. The van der Waals surface area contributed by atoms with Crippen LogP contribution in [0.25, 0.3) is 0 Å². The van der Waals surface area contributed by atoms with Gasteiger partial charge in [0.05, 0.1) is 22.7 Å². The summed E-state index contributed by atoms with van der Waals surface area (Å²) in [5, 5.41) is 12.7. The molecule has 0 aliphatic heterocycles. The van der Waals surface area contributed by atoms with Crippen molar-refractivity contribution in [2.45, 2.75) is 0 Å². The lowest BCUT2D eigenvalue weighted by atomic mass is 10.2. The molecule has 2 rings (SSSR count). The third-order valence-corrected chi connectivity index (χ3v) is 3.23. The third kappa shape index (κ3) is 3.15. The van der Waals surface area contributed by atoms with E-state index in [9.17, 15) is 9.90 Å². The van der Waals surface area contributed by atoms with Crippen LogP contribution in [0.1, 0.15) is 10.4 Å². The van der Waals surface area contributed by atoms with Gasteiger partial charge >= 0.3 is 0 Å². The number of phenolic OH excluding ortho intramolecular Hbond substituents is 1. The first-order chi connectivity index (χ1) is 9.51. The molecule has 0 saturated heterocycles. The number of halogens is 2. The van der Waals surface area contributed by atoms with Gasteiger partial charge < -0.3 is 15.2 Å². The Morgan fingerprint density at radius 1 is 1.15 bits per heavy atom. The summed E-state index contributed by atoms with van der Waals surface area (Å²) in [6.07, 6.45) is 0. The van der Waals surface area contributed by atoms with Crippen LogP contribution in [-0.2, 0) is 0 Å². The van der Waals surface area contributed by atoms with E-state index in [1.807, 2.05) is 0 Å². The van der Waals surface area contributed by atoms with Crippen LogP contribution in [0, 0.1) is 0 Å². The second-order valence-corrected chi connectivity index (χ2v) is 4.78. The summed E-state index contributed by atoms with van der Waals surface area (Å²) >= 11 is 11.9. The van der Waals surface area contributed by atoms with Gasteiger partial charge in [0.15, 0.2) is 0 Å². The van der Waals surface area contributed by atoms with E-state index in [2.05, 4.69) is 5.32 Å². The van der Waals surface area contributed by atoms with Gasteiger partial charge in [-0.15, -0.1) is 0 Å². The average molecular weight is 312 g/mol. The van der Waals surface area contributed by atoms with E-state index < -0.39 is 5.91 Å². The van der Waals surface area contributed by atoms with Gasteiger partial charge in [-0.3, -0.25) is 4.79 Å². The van der Waals surface area contributed by atoms with Crippen molar-refractivity contribution < 1.29 is 14.6 Å². The molecule has 6 heteroatoms. The van der Waals surface area contributed by atoms with E-state index in [-0.39, 0.29) is 16.3 Å². The zero-order chi connectivity index (χ0) is 14.7. The second-order valence-electron chi connectivity index (χ2n) is 3.97. The molecule has 0 aromatic heterocycles. The number of rotatable bonds is 3. The van der Waals surface area contributed by atoms with E-state index in [0.717, 1.165) is 0 Å². The molecule has 0 spiro atoms. The van der Waals surface area contributed by atoms with Crippen molar-refractivity contribution in [2.75, 3.05) is 12.4 Å². The van der Waals surface area contributed by atoms with E-state index in [0.29, 0.717) is 16.5 Å². The minimum atomic E-state index is -0.438. The summed E-state index contributed by atoms with van der Waals surface area (Å²) < 4.78 is 5.03. The molecule has 20 heavy (non-hydrogen) atoms. The minimum Gasteiger partial charge on any atom is -0.508 e. The van der Waals surface area contributed by atoms with Crippen LogP contribution >= 0.6 is 23.2 Å². The molecule has 2 N–H and O–H groups in total. The molecule has 2 aromatic rings. The van der Waals surface area contributed by atoms with Crippen molar-refractivity contribution >= 4 is 34.8 Å². The zero-order valence-electron chi connectivity index (χ0n) is 10.5. The quantitative estimate of drug-likeness (QED) is 0.902. The first-order valence-electron chi connectivity index (χ1n) is 5.64. The number of methoxy groups -OCH3 is 1. The molecular formula is C14H11Cl2NO3. The molecule has 0 atom stereocenters. The predicted molar refractivity (Wildman–Crippen MR) is 79.1 cm³/mol. The van der Waals surface area contributed by atoms with Crippen LogP contribution in [0.3, 0.4) is 0 Å². The Morgan fingerprint density at radius 3 is 2.55 bits per heavy atom. The number of anilines is 1. The molecule has 2 aromatic carbocycles. The van der Waals surface area contributed by atoms with Crippen LogP contribution in [0.15, 0.2) is 36.4 Å². The van der Waals surface area contributed by atoms with Crippen LogP contribution in [0.2, 0.25) is 10.0 Å². The Labute approximate surface area is 125 Å². The first kappa shape index (κ1) is 14.5. The highest BCUT2D eigenvalue weighted by atomic mass is 35.5. The van der Waals surface area contributed by atoms with Gasteiger partial charge in [-0.2, -0.15) is 0 Å². The first-order valence-corrected chi connectivity index (χ1v) is 6.40. The number of nitrogens with one attached hydrogen (secondary N) is 1. The Balaban J connectivity index is 2.23. The van der Waals surface area contributed by atoms with Crippen molar-refractivity contribution in [3.05, 3.63) is 52.0 Å². The SMILES string of the molecule is COc1ccc(NC(=O)c2cc(O)ccc2Cl)cc1Cl. The number of aromatic hydroxyl groups is 1. The number of ether oxygens (including phenoxy) is 1. The molecule has 0 fully saturated rings. The fourth-order valence-electron chi connectivity index (χ4n) is 1.63. The predicted octanol–water partition coefficient (Wildman–Crippen LogP) is 3.96. The van der Waals surface area contributed by atoms with E-state index in [4.69, 9.17) is 27.9 Å². The molecule has 1 amide bonds. The van der Waals surface area contributed by atoms with E-state index >= 15 is 0 Å². The molecule has 0 bridgehead atoms. The average Bonchev–Trinajstić information content (AvgIpc) is 2.41. The fraction of sp³-hybridized carbons (Fsp3) is 0.0714. The number of carbonyl (C=O) groups excluding carboxylic acids is 1. The van der Waals surface area contributed by atoms with Gasteiger partial charge in [0.25, 0.3) is 5.91 Å². The smallest absolute Gasteiger partial charge is 0.257 e. The highest BCUT2D eigenvalue weighted by Gasteiger charge is 2.12. The molecule has 0 heterocycles. The number of hydrogen-bond acceptors (Lipinski definition) is 3. The lowest BCUT2D eigenvalue weighted by Gasteiger charge is -2.09.